The Morgan fingerprint density at radius 1 is 1.20 bits per heavy atom. The molecule has 160 valence electrons. The Kier molecular flexibility index (Phi) is 5.97. The summed E-state index contributed by atoms with van der Waals surface area (Å²) in [6, 6.07) is 5.32. The van der Waals surface area contributed by atoms with Crippen LogP contribution in [-0.4, -0.2) is 56.0 Å². The van der Waals surface area contributed by atoms with Gasteiger partial charge in [-0.2, -0.15) is 0 Å². The molecule has 0 saturated carbocycles. The van der Waals surface area contributed by atoms with Crippen LogP contribution < -0.4 is 15.4 Å². The summed E-state index contributed by atoms with van der Waals surface area (Å²) in [5.41, 5.74) is 3.66. The number of allylic oxidation sites excluding steroid dienone is 3. The number of benzene rings is 1. The molecule has 0 unspecified atom stereocenters. The van der Waals surface area contributed by atoms with Crippen molar-refractivity contribution in [3.05, 3.63) is 46.9 Å². The highest BCUT2D eigenvalue weighted by atomic mass is 16.5. The fraction of sp³-hybridized carbons (Fsp3) is 0.478. The van der Waals surface area contributed by atoms with Crippen molar-refractivity contribution in [1.82, 2.24) is 10.2 Å². The quantitative estimate of drug-likeness (QED) is 0.793. The third kappa shape index (κ3) is 4.61. The van der Waals surface area contributed by atoms with Gasteiger partial charge in [0.2, 0.25) is 0 Å². The van der Waals surface area contributed by atoms with E-state index in [2.05, 4.69) is 30.6 Å². The second-order valence-electron chi connectivity index (χ2n) is 8.23. The summed E-state index contributed by atoms with van der Waals surface area (Å²) in [5, 5.41) is 6.37. The summed E-state index contributed by atoms with van der Waals surface area (Å²) >= 11 is 0. The highest BCUT2D eigenvalue weighted by Crippen LogP contribution is 2.29. The van der Waals surface area contributed by atoms with Crippen LogP contribution in [0, 0.1) is 5.92 Å². The van der Waals surface area contributed by atoms with Crippen LogP contribution in [0.4, 0.5) is 5.69 Å². The number of rotatable bonds is 4. The van der Waals surface area contributed by atoms with Crippen LogP contribution in [0.1, 0.15) is 37.0 Å². The van der Waals surface area contributed by atoms with Gasteiger partial charge in [0, 0.05) is 24.4 Å². The van der Waals surface area contributed by atoms with Crippen molar-refractivity contribution in [3.63, 3.8) is 0 Å². The Balaban J connectivity index is 1.31. The second-order valence-corrected chi connectivity index (χ2v) is 8.23. The smallest absolute Gasteiger partial charge is 0.253 e. The molecule has 0 aliphatic carbocycles. The predicted molar refractivity (Wildman–Crippen MR) is 114 cm³/mol. The van der Waals surface area contributed by atoms with E-state index >= 15 is 0 Å². The number of piperidine rings is 1. The summed E-state index contributed by atoms with van der Waals surface area (Å²) in [4.78, 5) is 26.4. The standard InChI is InChI=1S/C23H29N3O4/c1-15-9-16(2)24-12-22(15)29-13-17-5-7-26(8-6-17)23(28)18-3-4-21-20(10-18)25-11-19(27)14-30-21/h3-4,9-10,17,24-25H,5-8,11-14H2,1-2H3. The zero-order chi connectivity index (χ0) is 21.1. The van der Waals surface area contributed by atoms with Gasteiger partial charge >= 0.3 is 0 Å². The number of dihydropyridines is 1. The largest absolute Gasteiger partial charge is 0.495 e. The molecule has 7 heteroatoms. The van der Waals surface area contributed by atoms with Gasteiger partial charge in [-0.15, -0.1) is 0 Å². The number of nitrogens with one attached hydrogen (secondary N) is 2. The molecule has 0 radical (unpaired) electrons. The number of carbonyl (C=O) groups is 2. The molecule has 3 heterocycles. The van der Waals surface area contributed by atoms with Crippen molar-refractivity contribution in [3.8, 4) is 5.75 Å². The lowest BCUT2D eigenvalue weighted by Gasteiger charge is -2.32. The van der Waals surface area contributed by atoms with E-state index in [-0.39, 0.29) is 24.8 Å². The second kappa shape index (κ2) is 8.81. The summed E-state index contributed by atoms with van der Waals surface area (Å²) in [6.45, 7) is 7.30. The van der Waals surface area contributed by atoms with Crippen LogP contribution in [0.15, 0.2) is 41.3 Å². The molecule has 4 rings (SSSR count). The molecule has 30 heavy (non-hydrogen) atoms. The number of hydrogen-bond donors (Lipinski definition) is 2. The van der Waals surface area contributed by atoms with Crippen molar-refractivity contribution in [2.45, 2.75) is 26.7 Å². The monoisotopic (exact) mass is 411 g/mol. The van der Waals surface area contributed by atoms with Crippen molar-refractivity contribution < 1.29 is 19.1 Å². The Morgan fingerprint density at radius 2 is 2.00 bits per heavy atom. The van der Waals surface area contributed by atoms with E-state index in [1.165, 1.54) is 5.57 Å². The minimum absolute atomic E-state index is 0.00973. The number of ether oxygens (including phenoxy) is 2. The van der Waals surface area contributed by atoms with Crippen molar-refractivity contribution in [1.29, 1.82) is 0 Å². The van der Waals surface area contributed by atoms with Crippen LogP contribution in [0.25, 0.3) is 0 Å². The number of fused-ring (bicyclic) bond motifs is 1. The average Bonchev–Trinajstić information content (AvgIpc) is 2.94. The lowest BCUT2D eigenvalue weighted by atomic mass is 9.97. The number of amides is 1. The van der Waals surface area contributed by atoms with Crippen LogP contribution in [0.3, 0.4) is 0 Å². The van der Waals surface area contributed by atoms with E-state index in [0.29, 0.717) is 29.5 Å². The lowest BCUT2D eigenvalue weighted by Crippen LogP contribution is -2.39. The fourth-order valence-corrected chi connectivity index (χ4v) is 4.01. The third-order valence-corrected chi connectivity index (χ3v) is 5.89. The van der Waals surface area contributed by atoms with Crippen molar-refractivity contribution in [2.75, 3.05) is 44.7 Å². The van der Waals surface area contributed by atoms with Gasteiger partial charge in [-0.1, -0.05) is 0 Å². The highest BCUT2D eigenvalue weighted by molar-refractivity contribution is 5.96. The lowest BCUT2D eigenvalue weighted by molar-refractivity contribution is -0.119. The van der Waals surface area contributed by atoms with Gasteiger partial charge in [0.25, 0.3) is 5.91 Å². The summed E-state index contributed by atoms with van der Waals surface area (Å²) in [5.74, 6) is 2.08. The minimum Gasteiger partial charge on any atom is -0.495 e. The van der Waals surface area contributed by atoms with E-state index in [0.717, 1.165) is 43.9 Å². The molecular formula is C23H29N3O4. The molecule has 0 spiro atoms. The average molecular weight is 412 g/mol. The van der Waals surface area contributed by atoms with E-state index in [1.54, 1.807) is 18.2 Å². The van der Waals surface area contributed by atoms with Gasteiger partial charge in [-0.25, -0.2) is 0 Å². The summed E-state index contributed by atoms with van der Waals surface area (Å²) < 4.78 is 11.5. The molecule has 3 aliphatic rings. The Morgan fingerprint density at radius 3 is 2.77 bits per heavy atom. The van der Waals surface area contributed by atoms with Crippen molar-refractivity contribution >= 4 is 17.4 Å². The maximum absolute atomic E-state index is 13.0. The first-order valence-electron chi connectivity index (χ1n) is 10.6. The Hall–Kier alpha value is -2.96. The van der Waals surface area contributed by atoms with Gasteiger partial charge in [0.05, 0.1) is 25.4 Å². The van der Waals surface area contributed by atoms with Gasteiger partial charge < -0.3 is 25.0 Å². The number of hydrogen-bond acceptors (Lipinski definition) is 6. The molecule has 1 aromatic carbocycles. The SMILES string of the molecule is CC1=CC(C)=C(OCC2CCN(C(=O)c3ccc4c(c3)NCC(=O)CO4)CC2)CN1. The molecule has 1 saturated heterocycles. The normalized spacial score (nSPS) is 19.7. The maximum Gasteiger partial charge on any atom is 0.253 e. The molecule has 0 aromatic heterocycles. The molecule has 7 nitrogen and oxygen atoms in total. The zero-order valence-corrected chi connectivity index (χ0v) is 17.6. The van der Waals surface area contributed by atoms with Gasteiger partial charge in [0.1, 0.15) is 18.1 Å². The van der Waals surface area contributed by atoms with Crippen LogP contribution in [0.5, 0.6) is 5.75 Å². The number of likely N-dealkylation sites (tertiary alicyclic amines) is 1. The minimum atomic E-state index is -0.00973. The van der Waals surface area contributed by atoms with E-state index in [4.69, 9.17) is 9.47 Å². The number of anilines is 1. The summed E-state index contributed by atoms with van der Waals surface area (Å²) in [6.07, 6.45) is 3.97. The Labute approximate surface area is 177 Å². The van der Waals surface area contributed by atoms with Gasteiger partial charge in [0.15, 0.2) is 5.78 Å². The van der Waals surface area contributed by atoms with Crippen LogP contribution in [-0.2, 0) is 9.53 Å². The summed E-state index contributed by atoms with van der Waals surface area (Å²) in [7, 11) is 0. The van der Waals surface area contributed by atoms with Gasteiger partial charge in [-0.3, -0.25) is 9.59 Å². The molecule has 0 bridgehead atoms. The highest BCUT2D eigenvalue weighted by Gasteiger charge is 2.25. The molecule has 1 amide bonds. The fourth-order valence-electron chi connectivity index (χ4n) is 4.01. The molecule has 1 fully saturated rings. The number of nitrogens with zero attached hydrogens (tertiary/aromatic N) is 1. The van der Waals surface area contributed by atoms with Crippen LogP contribution >= 0.6 is 0 Å². The molecule has 1 aromatic rings. The molecule has 3 aliphatic heterocycles. The van der Waals surface area contributed by atoms with Gasteiger partial charge in [-0.05, 0) is 62.5 Å². The Bertz CT molecular complexity index is 898. The first-order chi connectivity index (χ1) is 14.5. The molecule has 0 atom stereocenters. The van der Waals surface area contributed by atoms with E-state index in [9.17, 15) is 9.59 Å². The van der Waals surface area contributed by atoms with Crippen LogP contribution in [0.2, 0.25) is 0 Å². The molecule has 2 N–H and O–H groups in total. The number of ketones is 1. The topological polar surface area (TPSA) is 79.9 Å². The predicted octanol–water partition coefficient (Wildman–Crippen LogP) is 2.71. The number of carbonyl (C=O) groups excluding carboxylic acids is 2. The van der Waals surface area contributed by atoms with E-state index in [1.807, 2.05) is 4.90 Å². The zero-order valence-electron chi connectivity index (χ0n) is 17.6. The molecular weight excluding hydrogens is 382 g/mol. The first-order valence-corrected chi connectivity index (χ1v) is 10.6. The number of Topliss-reactive ketones (excluding diaryl/α,β-unsaturated/α-hetero) is 1. The third-order valence-electron chi connectivity index (χ3n) is 5.89. The van der Waals surface area contributed by atoms with E-state index < -0.39 is 0 Å². The maximum atomic E-state index is 13.0. The first kappa shape index (κ1) is 20.3. The van der Waals surface area contributed by atoms with Crippen molar-refractivity contribution in [2.24, 2.45) is 5.92 Å².